The third-order valence-corrected chi connectivity index (χ3v) is 7.83. The van der Waals surface area contributed by atoms with Crippen LogP contribution in [0.3, 0.4) is 0 Å². The van der Waals surface area contributed by atoms with Crippen molar-refractivity contribution >= 4 is 33.2 Å². The first-order valence-electron chi connectivity index (χ1n) is 10.2. The lowest BCUT2D eigenvalue weighted by molar-refractivity contribution is -0.120. The van der Waals surface area contributed by atoms with Gasteiger partial charge in [-0.05, 0) is 78.6 Å². The number of nitrogens with one attached hydrogen (secondary N) is 1. The predicted octanol–water partition coefficient (Wildman–Crippen LogP) is 2.97. The fourth-order valence-corrected chi connectivity index (χ4v) is 5.88. The first-order valence-corrected chi connectivity index (χ1v) is 12.0. The number of anilines is 1. The van der Waals surface area contributed by atoms with Gasteiger partial charge in [0, 0.05) is 23.8 Å². The van der Waals surface area contributed by atoms with Crippen LogP contribution in [0.2, 0.25) is 5.02 Å². The molecule has 1 aliphatic heterocycles. The molecule has 2 heterocycles. The Hall–Kier alpha value is -2.82. The second-order valence-electron chi connectivity index (χ2n) is 7.86. The average Bonchev–Trinajstić information content (AvgIpc) is 3.30. The van der Waals surface area contributed by atoms with Crippen LogP contribution in [0, 0.1) is 19.8 Å². The van der Waals surface area contributed by atoms with E-state index in [9.17, 15) is 13.2 Å². The van der Waals surface area contributed by atoms with Crippen LogP contribution in [0.25, 0.3) is 5.69 Å². The quantitative estimate of drug-likeness (QED) is 0.608. The molecule has 3 aromatic rings. The molecule has 0 spiro atoms. The van der Waals surface area contributed by atoms with Crippen molar-refractivity contribution in [1.29, 1.82) is 0 Å². The Labute approximate surface area is 191 Å². The molecule has 11 heteroatoms. The van der Waals surface area contributed by atoms with Gasteiger partial charge in [0.1, 0.15) is 6.33 Å². The maximum Gasteiger partial charge on any atom is 0.243 e. The number of aromatic nitrogens is 4. The summed E-state index contributed by atoms with van der Waals surface area (Å²) in [6, 6.07) is 10.2. The van der Waals surface area contributed by atoms with E-state index in [1.807, 2.05) is 19.1 Å². The molecule has 1 fully saturated rings. The molecule has 168 valence electrons. The van der Waals surface area contributed by atoms with E-state index < -0.39 is 15.9 Å². The minimum atomic E-state index is -3.74. The Balaban J connectivity index is 1.48. The number of benzene rings is 2. The van der Waals surface area contributed by atoms with Crippen LogP contribution in [-0.4, -0.2) is 51.9 Å². The number of carbonyl (C=O) groups is 1. The van der Waals surface area contributed by atoms with E-state index in [-0.39, 0.29) is 17.3 Å². The van der Waals surface area contributed by atoms with Crippen molar-refractivity contribution in [3.63, 3.8) is 0 Å². The molecular weight excluding hydrogens is 452 g/mol. The zero-order valence-corrected chi connectivity index (χ0v) is 19.3. The van der Waals surface area contributed by atoms with Crippen LogP contribution in [-0.2, 0) is 14.8 Å². The highest BCUT2D eigenvalue weighted by atomic mass is 35.5. The van der Waals surface area contributed by atoms with Gasteiger partial charge in [0.2, 0.25) is 15.9 Å². The average molecular weight is 475 g/mol. The largest absolute Gasteiger partial charge is 0.326 e. The lowest BCUT2D eigenvalue weighted by Gasteiger charge is -2.31. The van der Waals surface area contributed by atoms with Gasteiger partial charge >= 0.3 is 0 Å². The number of amides is 1. The SMILES string of the molecule is Cc1cc(NC(=O)[C@@H]2CCCN(S(=O)(=O)c3cc(Cl)ccc3C)C2)ccc1-n1cnnn1. The van der Waals surface area contributed by atoms with Gasteiger partial charge in [0.25, 0.3) is 0 Å². The Morgan fingerprint density at radius 1 is 1.16 bits per heavy atom. The number of tetrazole rings is 1. The highest BCUT2D eigenvalue weighted by Gasteiger charge is 2.34. The van der Waals surface area contributed by atoms with E-state index in [1.165, 1.54) is 16.7 Å². The predicted molar refractivity (Wildman–Crippen MR) is 120 cm³/mol. The molecule has 1 amide bonds. The smallest absolute Gasteiger partial charge is 0.243 e. The van der Waals surface area contributed by atoms with E-state index in [2.05, 4.69) is 20.8 Å². The summed E-state index contributed by atoms with van der Waals surface area (Å²) in [5, 5.41) is 14.4. The van der Waals surface area contributed by atoms with Crippen molar-refractivity contribution in [2.45, 2.75) is 31.6 Å². The van der Waals surface area contributed by atoms with E-state index in [1.54, 1.807) is 29.8 Å². The van der Waals surface area contributed by atoms with E-state index >= 15 is 0 Å². The Morgan fingerprint density at radius 3 is 2.69 bits per heavy atom. The summed E-state index contributed by atoms with van der Waals surface area (Å²) < 4.78 is 29.3. The van der Waals surface area contributed by atoms with Gasteiger partial charge in [-0.25, -0.2) is 13.1 Å². The molecule has 32 heavy (non-hydrogen) atoms. The van der Waals surface area contributed by atoms with Gasteiger partial charge in [-0.3, -0.25) is 4.79 Å². The van der Waals surface area contributed by atoms with Crippen LogP contribution >= 0.6 is 11.6 Å². The van der Waals surface area contributed by atoms with Gasteiger partial charge in [-0.2, -0.15) is 4.31 Å². The summed E-state index contributed by atoms with van der Waals surface area (Å²) >= 11 is 6.03. The van der Waals surface area contributed by atoms with Crippen molar-refractivity contribution in [3.05, 3.63) is 58.9 Å². The molecule has 0 bridgehead atoms. The highest BCUT2D eigenvalue weighted by molar-refractivity contribution is 7.89. The molecular formula is C21H23ClN6O3S. The molecule has 0 saturated carbocycles. The third kappa shape index (κ3) is 4.52. The minimum Gasteiger partial charge on any atom is -0.326 e. The van der Waals surface area contributed by atoms with Crippen LogP contribution in [0.4, 0.5) is 5.69 Å². The highest BCUT2D eigenvalue weighted by Crippen LogP contribution is 2.28. The standard InChI is InChI=1S/C21H23ClN6O3S/c1-14-5-6-17(22)11-20(14)32(30,31)27-9-3-4-16(12-27)21(29)24-18-7-8-19(15(2)10-18)28-13-23-25-26-28/h5-8,10-11,13,16H,3-4,9,12H2,1-2H3,(H,24,29)/t16-/m1/s1. The number of sulfonamides is 1. The minimum absolute atomic E-state index is 0.127. The monoisotopic (exact) mass is 474 g/mol. The molecule has 2 aromatic carbocycles. The third-order valence-electron chi connectivity index (χ3n) is 5.58. The van der Waals surface area contributed by atoms with Crippen molar-refractivity contribution < 1.29 is 13.2 Å². The summed E-state index contributed by atoms with van der Waals surface area (Å²) in [6.45, 7) is 4.13. The number of hydrogen-bond donors (Lipinski definition) is 1. The number of piperidine rings is 1. The van der Waals surface area contributed by atoms with E-state index in [4.69, 9.17) is 11.6 Å². The first-order chi connectivity index (χ1) is 15.3. The first kappa shape index (κ1) is 22.4. The number of nitrogens with zero attached hydrogens (tertiary/aromatic N) is 5. The Kier molecular flexibility index (Phi) is 6.27. The molecule has 1 N–H and O–H groups in total. The molecule has 0 radical (unpaired) electrons. The summed E-state index contributed by atoms with van der Waals surface area (Å²) in [5.74, 6) is -0.653. The zero-order valence-electron chi connectivity index (χ0n) is 17.7. The van der Waals surface area contributed by atoms with Crippen LogP contribution in [0.15, 0.2) is 47.6 Å². The number of rotatable bonds is 5. The molecule has 1 saturated heterocycles. The molecule has 4 rings (SSSR count). The molecule has 0 unspecified atom stereocenters. The summed E-state index contributed by atoms with van der Waals surface area (Å²) in [7, 11) is -3.74. The topological polar surface area (TPSA) is 110 Å². The summed E-state index contributed by atoms with van der Waals surface area (Å²) in [5.41, 5.74) is 2.95. The Morgan fingerprint density at radius 2 is 1.97 bits per heavy atom. The molecule has 9 nitrogen and oxygen atoms in total. The Bertz CT molecular complexity index is 1250. The number of halogens is 1. The zero-order chi connectivity index (χ0) is 22.9. The molecule has 0 aliphatic carbocycles. The van der Waals surface area contributed by atoms with Crippen LogP contribution < -0.4 is 5.32 Å². The fourth-order valence-electron chi connectivity index (χ4n) is 3.87. The van der Waals surface area contributed by atoms with Crippen molar-refractivity contribution in [2.24, 2.45) is 5.92 Å². The van der Waals surface area contributed by atoms with Gasteiger partial charge in [-0.15, -0.1) is 5.10 Å². The second kappa shape index (κ2) is 8.97. The number of carbonyl (C=O) groups excluding carboxylic acids is 1. The number of hydrogen-bond acceptors (Lipinski definition) is 6. The van der Waals surface area contributed by atoms with Gasteiger partial charge in [0.15, 0.2) is 0 Å². The molecule has 1 aliphatic rings. The molecule has 1 aromatic heterocycles. The number of aryl methyl sites for hydroxylation is 2. The molecule has 1 atom stereocenters. The maximum atomic E-state index is 13.2. The van der Waals surface area contributed by atoms with Crippen molar-refractivity contribution in [3.8, 4) is 5.69 Å². The lowest BCUT2D eigenvalue weighted by Crippen LogP contribution is -2.43. The van der Waals surface area contributed by atoms with Crippen LogP contribution in [0.1, 0.15) is 24.0 Å². The van der Waals surface area contributed by atoms with E-state index in [0.29, 0.717) is 35.7 Å². The van der Waals surface area contributed by atoms with Gasteiger partial charge in [-0.1, -0.05) is 17.7 Å². The second-order valence-corrected chi connectivity index (χ2v) is 10.2. The van der Waals surface area contributed by atoms with Gasteiger partial charge < -0.3 is 5.32 Å². The lowest BCUT2D eigenvalue weighted by atomic mass is 9.98. The summed E-state index contributed by atoms with van der Waals surface area (Å²) in [6.07, 6.45) is 2.72. The van der Waals surface area contributed by atoms with Crippen molar-refractivity contribution in [2.75, 3.05) is 18.4 Å². The maximum absolute atomic E-state index is 13.2. The van der Waals surface area contributed by atoms with Crippen molar-refractivity contribution in [1.82, 2.24) is 24.5 Å². The fraction of sp³-hybridized carbons (Fsp3) is 0.333. The summed E-state index contributed by atoms with van der Waals surface area (Å²) in [4.78, 5) is 13.1. The van der Waals surface area contributed by atoms with Crippen LogP contribution in [0.5, 0.6) is 0 Å². The normalized spacial score (nSPS) is 17.3. The van der Waals surface area contributed by atoms with E-state index in [0.717, 1.165) is 11.3 Å². The van der Waals surface area contributed by atoms with Gasteiger partial charge in [0.05, 0.1) is 16.5 Å².